The molecule has 0 saturated carbocycles. The first-order valence-electron chi connectivity index (χ1n) is 7.37. The molecule has 0 aliphatic rings. The number of rotatable bonds is 5. The Labute approximate surface area is 133 Å². The van der Waals surface area contributed by atoms with Crippen LogP contribution < -0.4 is 5.32 Å². The van der Waals surface area contributed by atoms with Crippen molar-refractivity contribution in [3.05, 3.63) is 53.6 Å². The summed E-state index contributed by atoms with van der Waals surface area (Å²) in [7, 11) is 0. The zero-order valence-electron chi connectivity index (χ0n) is 13.0. The minimum atomic E-state index is -0.137. The molecule has 23 heavy (non-hydrogen) atoms. The second kappa shape index (κ2) is 6.48. The molecule has 2 aromatic heterocycles. The van der Waals surface area contributed by atoms with Gasteiger partial charge in [0.25, 0.3) is 0 Å². The van der Waals surface area contributed by atoms with Crippen LogP contribution in [0.3, 0.4) is 0 Å². The third-order valence-corrected chi connectivity index (χ3v) is 3.40. The normalized spacial score (nSPS) is 10.7. The molecule has 0 saturated heterocycles. The predicted octanol–water partition coefficient (Wildman–Crippen LogP) is 3.52. The summed E-state index contributed by atoms with van der Waals surface area (Å²) in [6.45, 7) is 3.63. The lowest BCUT2D eigenvalue weighted by Gasteiger charge is -1.99. The molecule has 2 heterocycles. The van der Waals surface area contributed by atoms with E-state index in [2.05, 4.69) is 15.5 Å². The lowest BCUT2D eigenvalue weighted by Crippen LogP contribution is -2.12. The van der Waals surface area contributed by atoms with Crippen molar-refractivity contribution in [1.29, 1.82) is 0 Å². The lowest BCUT2D eigenvalue weighted by molar-refractivity contribution is -0.116. The van der Waals surface area contributed by atoms with Crippen LogP contribution in [0.25, 0.3) is 11.5 Å². The summed E-state index contributed by atoms with van der Waals surface area (Å²) < 4.78 is 10.6. The maximum atomic E-state index is 11.9. The van der Waals surface area contributed by atoms with Gasteiger partial charge in [0.05, 0.1) is 5.69 Å². The van der Waals surface area contributed by atoms with Crippen molar-refractivity contribution in [1.82, 2.24) is 10.1 Å². The second-order valence-electron chi connectivity index (χ2n) is 5.26. The number of oxazole rings is 1. The van der Waals surface area contributed by atoms with Crippen molar-refractivity contribution < 1.29 is 13.7 Å². The Kier molecular flexibility index (Phi) is 4.23. The Morgan fingerprint density at radius 3 is 2.70 bits per heavy atom. The zero-order valence-corrected chi connectivity index (χ0v) is 13.0. The van der Waals surface area contributed by atoms with Gasteiger partial charge in [0.15, 0.2) is 5.82 Å². The first-order valence-corrected chi connectivity index (χ1v) is 7.37. The van der Waals surface area contributed by atoms with Gasteiger partial charge in [-0.3, -0.25) is 4.79 Å². The SMILES string of the molecule is Cc1cc(NC(=O)CCc2nc(-c3ccccc3)oc2C)no1. The van der Waals surface area contributed by atoms with Crippen molar-refractivity contribution >= 4 is 11.7 Å². The van der Waals surface area contributed by atoms with E-state index in [1.165, 1.54) is 0 Å². The van der Waals surface area contributed by atoms with Crippen molar-refractivity contribution in [2.75, 3.05) is 5.32 Å². The molecule has 6 heteroatoms. The molecule has 3 rings (SSSR count). The predicted molar refractivity (Wildman–Crippen MR) is 84.9 cm³/mol. The maximum absolute atomic E-state index is 11.9. The number of carbonyl (C=O) groups excluding carboxylic acids is 1. The van der Waals surface area contributed by atoms with Crippen LogP contribution in [-0.4, -0.2) is 16.0 Å². The highest BCUT2D eigenvalue weighted by Gasteiger charge is 2.13. The van der Waals surface area contributed by atoms with E-state index in [1.807, 2.05) is 37.3 Å². The Bertz CT molecular complexity index is 806. The quantitative estimate of drug-likeness (QED) is 0.779. The van der Waals surface area contributed by atoms with Gasteiger partial charge in [0, 0.05) is 24.5 Å². The van der Waals surface area contributed by atoms with Crippen molar-refractivity contribution in [2.24, 2.45) is 0 Å². The van der Waals surface area contributed by atoms with E-state index >= 15 is 0 Å². The Morgan fingerprint density at radius 2 is 2.00 bits per heavy atom. The fraction of sp³-hybridized carbons (Fsp3) is 0.235. The van der Waals surface area contributed by atoms with Gasteiger partial charge in [-0.1, -0.05) is 23.4 Å². The third kappa shape index (κ3) is 3.66. The maximum Gasteiger partial charge on any atom is 0.226 e. The van der Waals surface area contributed by atoms with Crippen molar-refractivity contribution in [2.45, 2.75) is 26.7 Å². The molecule has 0 spiro atoms. The van der Waals surface area contributed by atoms with Crippen LogP contribution in [0, 0.1) is 13.8 Å². The molecule has 0 unspecified atom stereocenters. The average Bonchev–Trinajstić information content (AvgIpc) is 3.12. The Morgan fingerprint density at radius 1 is 1.22 bits per heavy atom. The van der Waals surface area contributed by atoms with Crippen LogP contribution in [-0.2, 0) is 11.2 Å². The standard InChI is InChI=1S/C17H17N3O3/c1-11-10-15(20-23-11)19-16(21)9-8-14-12(2)22-17(18-14)13-6-4-3-5-7-13/h3-7,10H,8-9H2,1-2H3,(H,19,20,21). The number of aromatic nitrogens is 2. The second-order valence-corrected chi connectivity index (χ2v) is 5.26. The first kappa shape index (κ1) is 15.0. The van der Waals surface area contributed by atoms with Gasteiger partial charge in [-0.2, -0.15) is 0 Å². The number of hydrogen-bond donors (Lipinski definition) is 1. The minimum Gasteiger partial charge on any atom is -0.441 e. The summed E-state index contributed by atoms with van der Waals surface area (Å²) >= 11 is 0. The van der Waals surface area contributed by atoms with Crippen LogP contribution in [0.2, 0.25) is 0 Å². The van der Waals surface area contributed by atoms with Crippen LogP contribution in [0.4, 0.5) is 5.82 Å². The summed E-state index contributed by atoms with van der Waals surface area (Å²) in [6.07, 6.45) is 0.804. The molecule has 1 amide bonds. The van der Waals surface area contributed by atoms with Gasteiger partial charge in [0.1, 0.15) is 11.5 Å². The van der Waals surface area contributed by atoms with Crippen LogP contribution >= 0.6 is 0 Å². The summed E-state index contributed by atoms with van der Waals surface area (Å²) in [5.74, 6) is 2.25. The number of benzene rings is 1. The number of carbonyl (C=O) groups is 1. The molecule has 0 aliphatic heterocycles. The summed E-state index contributed by atoms with van der Waals surface area (Å²) in [6, 6.07) is 11.4. The van der Waals surface area contributed by atoms with Gasteiger partial charge in [-0.15, -0.1) is 0 Å². The third-order valence-electron chi connectivity index (χ3n) is 3.40. The zero-order chi connectivity index (χ0) is 16.2. The number of aryl methyl sites for hydroxylation is 3. The smallest absolute Gasteiger partial charge is 0.226 e. The molecule has 0 radical (unpaired) electrons. The Balaban J connectivity index is 1.62. The monoisotopic (exact) mass is 311 g/mol. The molecular formula is C17H17N3O3. The number of nitrogens with one attached hydrogen (secondary N) is 1. The summed E-state index contributed by atoms with van der Waals surface area (Å²) in [5, 5.41) is 6.42. The lowest BCUT2D eigenvalue weighted by atomic mass is 10.2. The van der Waals surface area contributed by atoms with Gasteiger partial charge in [-0.25, -0.2) is 4.98 Å². The summed E-state index contributed by atoms with van der Waals surface area (Å²) in [5.41, 5.74) is 1.71. The molecule has 3 aromatic rings. The van der Waals surface area contributed by atoms with E-state index in [0.717, 1.165) is 17.0 Å². The molecule has 0 fully saturated rings. The number of amides is 1. The highest BCUT2D eigenvalue weighted by atomic mass is 16.5. The average molecular weight is 311 g/mol. The van der Waals surface area contributed by atoms with Crippen LogP contribution in [0.1, 0.15) is 23.6 Å². The fourth-order valence-electron chi connectivity index (χ4n) is 2.23. The number of hydrogen-bond acceptors (Lipinski definition) is 5. The topological polar surface area (TPSA) is 81.2 Å². The van der Waals surface area contributed by atoms with E-state index < -0.39 is 0 Å². The molecule has 0 bridgehead atoms. The van der Waals surface area contributed by atoms with Gasteiger partial charge in [0.2, 0.25) is 11.8 Å². The van der Waals surface area contributed by atoms with E-state index in [9.17, 15) is 4.79 Å². The molecule has 118 valence electrons. The number of nitrogens with zero attached hydrogens (tertiary/aromatic N) is 2. The molecule has 0 aliphatic carbocycles. The van der Waals surface area contributed by atoms with Crippen LogP contribution in [0.15, 0.2) is 45.3 Å². The number of anilines is 1. The van der Waals surface area contributed by atoms with Crippen molar-refractivity contribution in [3.8, 4) is 11.5 Å². The van der Waals surface area contributed by atoms with Crippen LogP contribution in [0.5, 0.6) is 0 Å². The van der Waals surface area contributed by atoms with Gasteiger partial charge < -0.3 is 14.3 Å². The molecule has 1 aromatic carbocycles. The highest BCUT2D eigenvalue weighted by molar-refractivity contribution is 5.89. The van der Waals surface area contributed by atoms with E-state index in [1.54, 1.807) is 13.0 Å². The highest BCUT2D eigenvalue weighted by Crippen LogP contribution is 2.22. The Hall–Kier alpha value is -2.89. The fourth-order valence-corrected chi connectivity index (χ4v) is 2.23. The molecule has 0 atom stereocenters. The first-order chi connectivity index (χ1) is 11.1. The largest absolute Gasteiger partial charge is 0.441 e. The van der Waals surface area contributed by atoms with Gasteiger partial charge >= 0.3 is 0 Å². The summed E-state index contributed by atoms with van der Waals surface area (Å²) in [4.78, 5) is 16.4. The molecule has 1 N–H and O–H groups in total. The van der Waals surface area contributed by atoms with E-state index in [0.29, 0.717) is 30.3 Å². The van der Waals surface area contributed by atoms with E-state index in [-0.39, 0.29) is 5.91 Å². The minimum absolute atomic E-state index is 0.137. The molecular weight excluding hydrogens is 294 g/mol. The van der Waals surface area contributed by atoms with Gasteiger partial charge in [-0.05, 0) is 26.0 Å². The molecule has 6 nitrogen and oxygen atoms in total. The van der Waals surface area contributed by atoms with Crippen molar-refractivity contribution in [3.63, 3.8) is 0 Å². The van der Waals surface area contributed by atoms with E-state index in [4.69, 9.17) is 8.94 Å².